The van der Waals surface area contributed by atoms with Crippen molar-refractivity contribution in [3.63, 3.8) is 0 Å². The lowest BCUT2D eigenvalue weighted by Gasteiger charge is -2.28. The average Bonchev–Trinajstić information content (AvgIpc) is 2.05. The number of rotatable bonds is 4. The lowest BCUT2D eigenvalue weighted by molar-refractivity contribution is 0.197. The van der Waals surface area contributed by atoms with Crippen molar-refractivity contribution in [3.05, 3.63) is 0 Å². The lowest BCUT2D eigenvalue weighted by Crippen LogP contribution is -2.56. The fourth-order valence-electron chi connectivity index (χ4n) is 0.925. The van der Waals surface area contributed by atoms with Gasteiger partial charge in [0.15, 0.2) is 0 Å². The van der Waals surface area contributed by atoms with Crippen molar-refractivity contribution in [2.75, 3.05) is 13.1 Å². The first-order valence-electron chi connectivity index (χ1n) is 4.76. The van der Waals surface area contributed by atoms with E-state index in [0.717, 1.165) is 0 Å². The van der Waals surface area contributed by atoms with E-state index in [1.165, 1.54) is 0 Å². The van der Waals surface area contributed by atoms with Gasteiger partial charge in [-0.15, -0.1) is 0 Å². The molecule has 14 heavy (non-hydrogen) atoms. The zero-order valence-electron chi connectivity index (χ0n) is 9.35. The molecule has 0 bridgehead atoms. The van der Waals surface area contributed by atoms with Crippen molar-refractivity contribution in [1.29, 1.82) is 5.41 Å². The summed E-state index contributed by atoms with van der Waals surface area (Å²) in [6, 6.07) is -0.185. The Bertz CT molecular complexity index is 221. The molecule has 0 atom stereocenters. The molecule has 0 aliphatic carbocycles. The van der Waals surface area contributed by atoms with Crippen molar-refractivity contribution in [2.24, 2.45) is 5.73 Å². The van der Waals surface area contributed by atoms with E-state index in [0.29, 0.717) is 13.1 Å². The highest BCUT2D eigenvalue weighted by atomic mass is 16.2. The van der Waals surface area contributed by atoms with Gasteiger partial charge in [0.2, 0.25) is 0 Å². The maximum Gasteiger partial charge on any atom is 0.318 e. The summed E-state index contributed by atoms with van der Waals surface area (Å²) < 4.78 is 0. The van der Waals surface area contributed by atoms with Crippen molar-refractivity contribution < 1.29 is 4.79 Å². The van der Waals surface area contributed by atoms with E-state index >= 15 is 0 Å². The van der Waals surface area contributed by atoms with E-state index in [4.69, 9.17) is 11.1 Å². The summed E-state index contributed by atoms with van der Waals surface area (Å²) in [6.45, 7) is 8.52. The van der Waals surface area contributed by atoms with Gasteiger partial charge in [0.1, 0.15) is 5.84 Å². The van der Waals surface area contributed by atoms with Crippen molar-refractivity contribution in [3.8, 4) is 0 Å². The Morgan fingerprint density at radius 2 is 1.86 bits per heavy atom. The van der Waals surface area contributed by atoms with Crippen LogP contribution in [0.4, 0.5) is 4.79 Å². The number of hydrogen-bond acceptors (Lipinski definition) is 2. The number of nitrogens with zero attached hydrogens (tertiary/aromatic N) is 1. The van der Waals surface area contributed by atoms with E-state index in [1.807, 2.05) is 13.8 Å². The fraction of sp³-hybridized carbons (Fsp3) is 0.778. The smallest absolute Gasteiger partial charge is 0.318 e. The zero-order valence-corrected chi connectivity index (χ0v) is 9.35. The highest BCUT2D eigenvalue weighted by Gasteiger charge is 2.25. The van der Waals surface area contributed by atoms with E-state index < -0.39 is 5.54 Å². The van der Waals surface area contributed by atoms with Crippen LogP contribution in [0.25, 0.3) is 0 Å². The summed E-state index contributed by atoms with van der Waals surface area (Å²) >= 11 is 0. The molecule has 0 aromatic carbocycles. The molecule has 4 N–H and O–H groups in total. The molecule has 0 aliphatic heterocycles. The summed E-state index contributed by atoms with van der Waals surface area (Å²) in [7, 11) is 0. The first-order valence-corrected chi connectivity index (χ1v) is 4.76. The highest BCUT2D eigenvalue weighted by Crippen LogP contribution is 2.02. The molecule has 0 saturated heterocycles. The number of nitrogens with two attached hydrogens (primary N) is 1. The minimum atomic E-state index is -0.778. The predicted molar refractivity (Wildman–Crippen MR) is 57.4 cm³/mol. The second-order valence-corrected chi connectivity index (χ2v) is 3.64. The Labute approximate surface area is 85.2 Å². The van der Waals surface area contributed by atoms with Crippen LogP contribution in [-0.2, 0) is 0 Å². The minimum Gasteiger partial charge on any atom is -0.386 e. The second kappa shape index (κ2) is 4.83. The summed E-state index contributed by atoms with van der Waals surface area (Å²) in [5.74, 6) is -0.0435. The summed E-state index contributed by atoms with van der Waals surface area (Å²) in [5, 5.41) is 9.99. The van der Waals surface area contributed by atoms with Crippen molar-refractivity contribution >= 4 is 11.9 Å². The molecule has 2 amide bonds. The van der Waals surface area contributed by atoms with E-state index in [9.17, 15) is 4.79 Å². The van der Waals surface area contributed by atoms with Gasteiger partial charge in [0.05, 0.1) is 5.54 Å². The molecule has 0 radical (unpaired) electrons. The molecule has 0 fully saturated rings. The van der Waals surface area contributed by atoms with E-state index in [1.54, 1.807) is 18.7 Å². The number of carbonyl (C=O) groups is 1. The van der Waals surface area contributed by atoms with E-state index in [-0.39, 0.29) is 11.9 Å². The quantitative estimate of drug-likeness (QED) is 0.462. The summed E-state index contributed by atoms with van der Waals surface area (Å²) in [6.07, 6.45) is 0. The average molecular weight is 200 g/mol. The highest BCUT2D eigenvalue weighted by molar-refractivity contribution is 5.90. The molecule has 0 aromatic heterocycles. The van der Waals surface area contributed by atoms with Gasteiger partial charge < -0.3 is 16.0 Å². The summed E-state index contributed by atoms with van der Waals surface area (Å²) in [4.78, 5) is 13.2. The number of hydrogen-bond donors (Lipinski definition) is 3. The molecule has 0 saturated carbocycles. The van der Waals surface area contributed by atoms with Gasteiger partial charge in [-0.05, 0) is 27.7 Å². The Morgan fingerprint density at radius 1 is 1.43 bits per heavy atom. The predicted octanol–water partition coefficient (Wildman–Crippen LogP) is 0.752. The maximum absolute atomic E-state index is 11.6. The number of amides is 2. The lowest BCUT2D eigenvalue weighted by atomic mass is 10.1. The zero-order chi connectivity index (χ0) is 11.4. The number of nitrogens with one attached hydrogen (secondary N) is 2. The summed E-state index contributed by atoms with van der Waals surface area (Å²) in [5.41, 5.74) is 4.57. The van der Waals surface area contributed by atoms with Crippen LogP contribution in [0.3, 0.4) is 0 Å². The first kappa shape index (κ1) is 12.7. The van der Waals surface area contributed by atoms with Crippen LogP contribution in [0.5, 0.6) is 0 Å². The molecule has 0 aliphatic rings. The third kappa shape index (κ3) is 3.24. The standard InChI is InChI=1S/C9H20N4O/c1-5-13(6-2)8(14)12-9(3,4)7(10)11/h5-6H2,1-4H3,(H3,10,11)(H,12,14). The largest absolute Gasteiger partial charge is 0.386 e. The molecule has 0 unspecified atom stereocenters. The van der Waals surface area contributed by atoms with Crippen LogP contribution in [0.2, 0.25) is 0 Å². The van der Waals surface area contributed by atoms with Crippen LogP contribution in [0, 0.1) is 5.41 Å². The molecular formula is C9H20N4O. The fourth-order valence-corrected chi connectivity index (χ4v) is 0.925. The van der Waals surface area contributed by atoms with Crippen LogP contribution in [0.15, 0.2) is 0 Å². The second-order valence-electron chi connectivity index (χ2n) is 3.64. The molecule has 5 heteroatoms. The molecule has 0 rings (SSSR count). The third-order valence-electron chi connectivity index (χ3n) is 2.14. The van der Waals surface area contributed by atoms with Crippen molar-refractivity contribution in [1.82, 2.24) is 10.2 Å². The van der Waals surface area contributed by atoms with Gasteiger partial charge >= 0.3 is 6.03 Å². The molecule has 0 spiro atoms. The monoisotopic (exact) mass is 200 g/mol. The number of amidine groups is 1. The van der Waals surface area contributed by atoms with E-state index in [2.05, 4.69) is 5.32 Å². The first-order chi connectivity index (χ1) is 6.35. The number of carbonyl (C=O) groups excluding carboxylic acids is 1. The third-order valence-corrected chi connectivity index (χ3v) is 2.14. The van der Waals surface area contributed by atoms with Crippen LogP contribution in [0.1, 0.15) is 27.7 Å². The Balaban J connectivity index is 4.38. The van der Waals surface area contributed by atoms with Gasteiger partial charge in [0, 0.05) is 13.1 Å². The molecule has 0 aromatic rings. The van der Waals surface area contributed by atoms with Crippen LogP contribution < -0.4 is 11.1 Å². The normalized spacial score (nSPS) is 10.9. The molecule has 82 valence electrons. The number of urea groups is 1. The molecule has 5 nitrogen and oxygen atoms in total. The Hall–Kier alpha value is -1.26. The van der Waals surface area contributed by atoms with Gasteiger partial charge in [-0.2, -0.15) is 0 Å². The molecular weight excluding hydrogens is 180 g/mol. The van der Waals surface area contributed by atoms with Crippen LogP contribution >= 0.6 is 0 Å². The minimum absolute atomic E-state index is 0.0435. The Morgan fingerprint density at radius 3 is 2.14 bits per heavy atom. The Kier molecular flexibility index (Phi) is 4.40. The topological polar surface area (TPSA) is 82.2 Å². The SMILES string of the molecule is CCN(CC)C(=O)NC(C)(C)C(=N)N. The van der Waals surface area contributed by atoms with Gasteiger partial charge in [-0.1, -0.05) is 0 Å². The van der Waals surface area contributed by atoms with Gasteiger partial charge in [0.25, 0.3) is 0 Å². The van der Waals surface area contributed by atoms with Crippen LogP contribution in [-0.4, -0.2) is 35.4 Å². The van der Waals surface area contributed by atoms with Gasteiger partial charge in [-0.25, -0.2) is 4.79 Å². The molecule has 0 heterocycles. The van der Waals surface area contributed by atoms with Gasteiger partial charge in [-0.3, -0.25) is 5.41 Å². The van der Waals surface area contributed by atoms with Crippen molar-refractivity contribution in [2.45, 2.75) is 33.2 Å². The maximum atomic E-state index is 11.6.